The lowest BCUT2D eigenvalue weighted by atomic mass is 10.1. The minimum atomic E-state index is -3.52. The maximum atomic E-state index is 12.5. The molecule has 0 atom stereocenters. The van der Waals surface area contributed by atoms with E-state index < -0.39 is 16.0 Å². The molecule has 0 saturated carbocycles. The van der Waals surface area contributed by atoms with Crippen molar-refractivity contribution < 1.29 is 27.5 Å². The molecule has 0 bridgehead atoms. The number of Topliss-reactive ketones (excluding diaryl/α,β-unsaturated/α-hetero) is 1. The normalized spacial score (nSPS) is 14.4. The monoisotopic (exact) mass is 431 g/mol. The summed E-state index contributed by atoms with van der Waals surface area (Å²) in [7, 11) is -1.95. The molecule has 7 nitrogen and oxygen atoms in total. The molecule has 2 aromatic rings. The van der Waals surface area contributed by atoms with Crippen LogP contribution in [0.2, 0.25) is 0 Å². The summed E-state index contributed by atoms with van der Waals surface area (Å²) in [5.74, 6) is -0.168. The van der Waals surface area contributed by atoms with Crippen molar-refractivity contribution in [1.29, 1.82) is 0 Å². The van der Waals surface area contributed by atoms with Gasteiger partial charge in [0.25, 0.3) is 0 Å². The molecule has 1 fully saturated rings. The highest BCUT2D eigenvalue weighted by atomic mass is 32.2. The van der Waals surface area contributed by atoms with Gasteiger partial charge in [-0.2, -0.15) is 4.31 Å². The fraction of sp³-hybridized carbons (Fsp3) is 0.364. The number of rotatable bonds is 9. The number of carbonyl (C=O) groups excluding carboxylic acids is 2. The van der Waals surface area contributed by atoms with Crippen LogP contribution in [0.15, 0.2) is 53.4 Å². The van der Waals surface area contributed by atoms with Gasteiger partial charge in [0.1, 0.15) is 5.75 Å². The molecule has 0 spiro atoms. The minimum absolute atomic E-state index is 0.126. The SMILES string of the molecule is COc1ccccc1CCC(=O)OCC(=O)c1ccc(S(=O)(=O)N2CCCC2)cc1. The maximum absolute atomic E-state index is 12.5. The lowest BCUT2D eigenvalue weighted by molar-refractivity contribution is -0.142. The Morgan fingerprint density at radius 1 is 1.00 bits per heavy atom. The van der Waals surface area contributed by atoms with Crippen LogP contribution in [-0.4, -0.2) is 51.3 Å². The van der Waals surface area contributed by atoms with Gasteiger partial charge in [0.2, 0.25) is 10.0 Å². The molecule has 3 rings (SSSR count). The number of nitrogens with zero attached hydrogens (tertiary/aromatic N) is 1. The van der Waals surface area contributed by atoms with E-state index in [0.29, 0.717) is 30.8 Å². The van der Waals surface area contributed by atoms with Crippen molar-refractivity contribution in [2.75, 3.05) is 26.8 Å². The van der Waals surface area contributed by atoms with E-state index in [-0.39, 0.29) is 23.7 Å². The summed E-state index contributed by atoms with van der Waals surface area (Å²) in [6.07, 6.45) is 2.29. The maximum Gasteiger partial charge on any atom is 0.306 e. The highest BCUT2D eigenvalue weighted by Gasteiger charge is 2.27. The highest BCUT2D eigenvalue weighted by molar-refractivity contribution is 7.89. The zero-order chi connectivity index (χ0) is 21.6. The van der Waals surface area contributed by atoms with Crippen LogP contribution in [0.1, 0.15) is 35.2 Å². The van der Waals surface area contributed by atoms with Gasteiger partial charge in [-0.05, 0) is 55.2 Å². The van der Waals surface area contributed by atoms with Crippen LogP contribution < -0.4 is 4.74 Å². The highest BCUT2D eigenvalue weighted by Crippen LogP contribution is 2.21. The summed E-state index contributed by atoms with van der Waals surface area (Å²) in [5, 5.41) is 0. The van der Waals surface area contributed by atoms with Gasteiger partial charge in [-0.15, -0.1) is 0 Å². The molecule has 1 saturated heterocycles. The smallest absolute Gasteiger partial charge is 0.306 e. The first-order valence-corrected chi connectivity index (χ1v) is 11.3. The summed E-state index contributed by atoms with van der Waals surface area (Å²) in [5.41, 5.74) is 1.19. The van der Waals surface area contributed by atoms with Crippen molar-refractivity contribution in [2.24, 2.45) is 0 Å². The Morgan fingerprint density at radius 3 is 2.33 bits per heavy atom. The number of hydrogen-bond acceptors (Lipinski definition) is 6. The van der Waals surface area contributed by atoms with E-state index in [1.807, 2.05) is 24.3 Å². The fourth-order valence-electron chi connectivity index (χ4n) is 3.34. The van der Waals surface area contributed by atoms with E-state index in [9.17, 15) is 18.0 Å². The van der Waals surface area contributed by atoms with Gasteiger partial charge < -0.3 is 9.47 Å². The van der Waals surface area contributed by atoms with Gasteiger partial charge in [0, 0.05) is 25.1 Å². The summed E-state index contributed by atoms with van der Waals surface area (Å²) in [6.45, 7) is 0.657. The molecule has 1 aliphatic heterocycles. The molecule has 30 heavy (non-hydrogen) atoms. The quantitative estimate of drug-likeness (QED) is 0.448. The molecular formula is C22H25NO6S. The molecule has 0 radical (unpaired) electrons. The first-order valence-electron chi connectivity index (χ1n) is 9.83. The summed E-state index contributed by atoms with van der Waals surface area (Å²) >= 11 is 0. The predicted molar refractivity (Wildman–Crippen MR) is 111 cm³/mol. The Bertz CT molecular complexity index is 995. The van der Waals surface area contributed by atoms with Crippen molar-refractivity contribution >= 4 is 21.8 Å². The summed E-state index contributed by atoms with van der Waals surface area (Å²) < 4.78 is 36.8. The predicted octanol–water partition coefficient (Wildman–Crippen LogP) is 2.84. The number of methoxy groups -OCH3 is 1. The molecule has 1 aliphatic rings. The molecule has 0 unspecified atom stereocenters. The van der Waals surface area contributed by atoms with Crippen LogP contribution in [0.4, 0.5) is 0 Å². The molecule has 160 valence electrons. The van der Waals surface area contributed by atoms with E-state index in [2.05, 4.69) is 0 Å². The van der Waals surface area contributed by atoms with Crippen molar-refractivity contribution in [3.63, 3.8) is 0 Å². The zero-order valence-corrected chi connectivity index (χ0v) is 17.7. The Balaban J connectivity index is 1.51. The minimum Gasteiger partial charge on any atom is -0.496 e. The van der Waals surface area contributed by atoms with Gasteiger partial charge in [-0.3, -0.25) is 9.59 Å². The van der Waals surface area contributed by atoms with E-state index in [0.717, 1.165) is 18.4 Å². The zero-order valence-electron chi connectivity index (χ0n) is 16.9. The topological polar surface area (TPSA) is 90.0 Å². The second-order valence-corrected chi connectivity index (χ2v) is 8.97. The fourth-order valence-corrected chi connectivity index (χ4v) is 4.86. The van der Waals surface area contributed by atoms with Gasteiger partial charge >= 0.3 is 5.97 Å². The first kappa shape index (κ1) is 22.0. The summed E-state index contributed by atoms with van der Waals surface area (Å²) in [4.78, 5) is 24.4. The molecular weight excluding hydrogens is 406 g/mol. The average molecular weight is 432 g/mol. The number of carbonyl (C=O) groups is 2. The molecule has 0 N–H and O–H groups in total. The first-order chi connectivity index (χ1) is 14.4. The third-order valence-electron chi connectivity index (χ3n) is 5.03. The number of esters is 1. The lowest BCUT2D eigenvalue weighted by Gasteiger charge is -2.15. The number of hydrogen-bond donors (Lipinski definition) is 0. The molecule has 2 aromatic carbocycles. The Labute approximate surface area is 176 Å². The second-order valence-electron chi connectivity index (χ2n) is 7.03. The van der Waals surface area contributed by atoms with Crippen LogP contribution >= 0.6 is 0 Å². The van der Waals surface area contributed by atoms with E-state index in [4.69, 9.17) is 9.47 Å². The van der Waals surface area contributed by atoms with Crippen LogP contribution in [0.3, 0.4) is 0 Å². The summed E-state index contributed by atoms with van der Waals surface area (Å²) in [6, 6.07) is 13.1. The Kier molecular flexibility index (Phi) is 7.23. The van der Waals surface area contributed by atoms with Crippen molar-refractivity contribution in [1.82, 2.24) is 4.31 Å². The Hall–Kier alpha value is -2.71. The number of benzene rings is 2. The largest absolute Gasteiger partial charge is 0.496 e. The molecule has 0 aliphatic carbocycles. The van der Waals surface area contributed by atoms with Gasteiger partial charge in [0.05, 0.1) is 12.0 Å². The second kappa shape index (κ2) is 9.86. The van der Waals surface area contributed by atoms with E-state index in [1.54, 1.807) is 7.11 Å². The number of para-hydroxylation sites is 1. The van der Waals surface area contributed by atoms with Crippen molar-refractivity contribution in [2.45, 2.75) is 30.6 Å². The van der Waals surface area contributed by atoms with Crippen LogP contribution in [0, 0.1) is 0 Å². The molecule has 1 heterocycles. The van der Waals surface area contributed by atoms with Crippen molar-refractivity contribution in [3.8, 4) is 5.75 Å². The number of ether oxygens (including phenoxy) is 2. The number of aryl methyl sites for hydroxylation is 1. The van der Waals surface area contributed by atoms with E-state index >= 15 is 0 Å². The standard InChI is InChI=1S/C22H25NO6S/c1-28-21-7-3-2-6-18(21)10-13-22(25)29-16-20(24)17-8-11-19(12-9-17)30(26,27)23-14-4-5-15-23/h2-3,6-9,11-12H,4-5,10,13-16H2,1H3. The van der Waals surface area contributed by atoms with Gasteiger partial charge in [-0.25, -0.2) is 8.42 Å². The molecule has 0 aromatic heterocycles. The van der Waals surface area contributed by atoms with Gasteiger partial charge in [0.15, 0.2) is 12.4 Å². The van der Waals surface area contributed by atoms with Crippen LogP contribution in [-0.2, 0) is 26.0 Å². The molecule has 8 heteroatoms. The third-order valence-corrected chi connectivity index (χ3v) is 6.95. The van der Waals surface area contributed by atoms with Crippen LogP contribution in [0.5, 0.6) is 5.75 Å². The number of ketones is 1. The van der Waals surface area contributed by atoms with E-state index in [1.165, 1.54) is 28.6 Å². The number of sulfonamides is 1. The van der Waals surface area contributed by atoms with Crippen molar-refractivity contribution in [3.05, 3.63) is 59.7 Å². The Morgan fingerprint density at radius 2 is 1.67 bits per heavy atom. The molecule has 0 amide bonds. The lowest BCUT2D eigenvalue weighted by Crippen LogP contribution is -2.27. The average Bonchev–Trinajstić information content (AvgIpc) is 3.32. The van der Waals surface area contributed by atoms with Gasteiger partial charge in [-0.1, -0.05) is 18.2 Å². The third kappa shape index (κ3) is 5.25. The van der Waals surface area contributed by atoms with Crippen LogP contribution in [0.25, 0.3) is 0 Å².